The number of rotatable bonds is 9. The Labute approximate surface area is 111 Å². The second kappa shape index (κ2) is 8.34. The zero-order valence-corrected chi connectivity index (χ0v) is 11.0. The van der Waals surface area contributed by atoms with Crippen LogP contribution in [0.4, 0.5) is 0 Å². The van der Waals surface area contributed by atoms with Gasteiger partial charge in [-0.1, -0.05) is 0 Å². The molecule has 0 saturated carbocycles. The van der Waals surface area contributed by atoms with E-state index in [1.165, 1.54) is 12.1 Å². The molecule has 0 aliphatic carbocycles. The molecule has 0 spiro atoms. The first-order valence-corrected chi connectivity index (χ1v) is 5.96. The summed E-state index contributed by atoms with van der Waals surface area (Å²) in [4.78, 5) is 10.8. The number of benzene rings is 1. The molecule has 0 bridgehead atoms. The molecule has 6 heteroatoms. The fraction of sp³-hybridized carbons (Fsp3) is 0.462. The van der Waals surface area contributed by atoms with Crippen LogP contribution in [0.5, 0.6) is 17.2 Å². The Hall–Kier alpha value is -1.79. The van der Waals surface area contributed by atoms with Crippen LogP contribution in [0.15, 0.2) is 12.1 Å². The van der Waals surface area contributed by atoms with Crippen molar-refractivity contribution in [1.29, 1.82) is 0 Å². The summed E-state index contributed by atoms with van der Waals surface area (Å²) >= 11 is 0. The topological polar surface area (TPSA) is 74.2 Å². The van der Waals surface area contributed by atoms with Gasteiger partial charge in [0.1, 0.15) is 0 Å². The lowest BCUT2D eigenvalue weighted by molar-refractivity contribution is 0.00488. The Morgan fingerprint density at radius 3 is 2.32 bits per heavy atom. The second-order valence-corrected chi connectivity index (χ2v) is 3.46. The van der Waals surface area contributed by atoms with Gasteiger partial charge in [0.15, 0.2) is 31.4 Å². The molecule has 0 amide bonds. The van der Waals surface area contributed by atoms with Gasteiger partial charge in [0.25, 0.3) is 0 Å². The molecule has 0 aliphatic heterocycles. The molecule has 1 rings (SSSR count). The van der Waals surface area contributed by atoms with Gasteiger partial charge in [0, 0.05) is 13.2 Å². The average molecular weight is 270 g/mol. The number of carbonyl (C=O) groups excluding carboxylic acids is 1. The van der Waals surface area contributed by atoms with Crippen LogP contribution in [-0.4, -0.2) is 38.2 Å². The normalized spacial score (nSPS) is 10.2. The molecule has 0 radical (unpaired) electrons. The van der Waals surface area contributed by atoms with E-state index in [1.54, 1.807) is 0 Å². The molecular formula is C13H18O6. The third-order valence-electron chi connectivity index (χ3n) is 2.25. The highest BCUT2D eigenvalue weighted by molar-refractivity contribution is 5.82. The quantitative estimate of drug-likeness (QED) is 0.420. The van der Waals surface area contributed by atoms with E-state index in [2.05, 4.69) is 0 Å². The second-order valence-electron chi connectivity index (χ2n) is 3.46. The molecule has 0 aromatic heterocycles. The summed E-state index contributed by atoms with van der Waals surface area (Å²) in [7, 11) is 0. The summed E-state index contributed by atoms with van der Waals surface area (Å²) in [5.74, 6) is 0.0812. The fourth-order valence-corrected chi connectivity index (χ4v) is 1.29. The van der Waals surface area contributed by atoms with Crippen molar-refractivity contribution in [3.8, 4) is 17.2 Å². The minimum Gasteiger partial charge on any atom is -0.504 e. The van der Waals surface area contributed by atoms with Crippen molar-refractivity contribution in [1.82, 2.24) is 0 Å². The Morgan fingerprint density at radius 2 is 1.74 bits per heavy atom. The maximum Gasteiger partial charge on any atom is 0.206 e. The number of aromatic hydroxyl groups is 1. The molecule has 1 aromatic carbocycles. The van der Waals surface area contributed by atoms with Crippen molar-refractivity contribution in [2.24, 2.45) is 0 Å². The first kappa shape index (κ1) is 15.3. The van der Waals surface area contributed by atoms with Gasteiger partial charge in [-0.3, -0.25) is 4.79 Å². The third-order valence-corrected chi connectivity index (χ3v) is 2.25. The summed E-state index contributed by atoms with van der Waals surface area (Å²) in [6.07, 6.45) is 0.537. The molecule has 0 fully saturated rings. The lowest BCUT2D eigenvalue weighted by Gasteiger charge is -2.14. The predicted octanol–water partition coefficient (Wildman–Crippen LogP) is 1.95. The Kier molecular flexibility index (Phi) is 6.70. The van der Waals surface area contributed by atoms with Crippen LogP contribution in [0.2, 0.25) is 0 Å². The summed E-state index contributed by atoms with van der Waals surface area (Å²) in [6, 6.07) is 2.97. The molecule has 0 saturated heterocycles. The van der Waals surface area contributed by atoms with Crippen molar-refractivity contribution in [2.75, 3.05) is 26.8 Å². The number of hydrogen-bond acceptors (Lipinski definition) is 6. The summed E-state index contributed by atoms with van der Waals surface area (Å²) < 4.78 is 20.7. The van der Waals surface area contributed by atoms with Crippen molar-refractivity contribution in [2.45, 2.75) is 13.8 Å². The lowest BCUT2D eigenvalue weighted by Crippen LogP contribution is -2.07. The van der Waals surface area contributed by atoms with Crippen LogP contribution < -0.4 is 9.47 Å². The highest BCUT2D eigenvalue weighted by Crippen LogP contribution is 2.38. The molecule has 6 nitrogen and oxygen atoms in total. The van der Waals surface area contributed by atoms with Gasteiger partial charge in [-0.15, -0.1) is 0 Å². The smallest absolute Gasteiger partial charge is 0.206 e. The maximum absolute atomic E-state index is 10.8. The standard InChI is InChI=1S/C13H18O6/c1-3-16-8-18-11-6-5-10(7-14)12(15)13(11)19-9-17-4-2/h5-7,15H,3-4,8-9H2,1-2H3. The SMILES string of the molecule is CCOCOc1ccc(C=O)c(O)c1OCOCC. The van der Waals surface area contributed by atoms with Crippen LogP contribution in [0.3, 0.4) is 0 Å². The Morgan fingerprint density at radius 1 is 1.11 bits per heavy atom. The monoisotopic (exact) mass is 270 g/mol. The molecule has 1 N–H and O–H groups in total. The molecule has 0 aliphatic rings. The van der Waals surface area contributed by atoms with Crippen molar-refractivity contribution >= 4 is 6.29 Å². The van der Waals surface area contributed by atoms with E-state index in [4.69, 9.17) is 18.9 Å². The van der Waals surface area contributed by atoms with Gasteiger partial charge in [-0.25, -0.2) is 0 Å². The molecule has 0 heterocycles. The number of ether oxygens (including phenoxy) is 4. The zero-order chi connectivity index (χ0) is 14.1. The molecule has 0 atom stereocenters. The van der Waals surface area contributed by atoms with E-state index in [9.17, 15) is 9.90 Å². The lowest BCUT2D eigenvalue weighted by atomic mass is 10.2. The van der Waals surface area contributed by atoms with Crippen LogP contribution in [0.1, 0.15) is 24.2 Å². The van der Waals surface area contributed by atoms with Gasteiger partial charge < -0.3 is 24.1 Å². The largest absolute Gasteiger partial charge is 0.504 e. The van der Waals surface area contributed by atoms with Gasteiger partial charge >= 0.3 is 0 Å². The van der Waals surface area contributed by atoms with Crippen molar-refractivity contribution in [3.05, 3.63) is 17.7 Å². The summed E-state index contributed by atoms with van der Waals surface area (Å²) in [6.45, 7) is 4.62. The first-order chi connectivity index (χ1) is 9.24. The van der Waals surface area contributed by atoms with Gasteiger partial charge in [-0.05, 0) is 26.0 Å². The number of hydrogen-bond donors (Lipinski definition) is 1. The number of carbonyl (C=O) groups is 1. The van der Waals surface area contributed by atoms with Crippen LogP contribution in [-0.2, 0) is 9.47 Å². The van der Waals surface area contributed by atoms with E-state index in [0.29, 0.717) is 19.5 Å². The molecular weight excluding hydrogens is 252 g/mol. The maximum atomic E-state index is 10.8. The summed E-state index contributed by atoms with van der Waals surface area (Å²) in [5, 5.41) is 9.89. The Balaban J connectivity index is 2.87. The molecule has 106 valence electrons. The first-order valence-electron chi connectivity index (χ1n) is 5.96. The van der Waals surface area contributed by atoms with E-state index >= 15 is 0 Å². The van der Waals surface area contributed by atoms with Crippen LogP contribution in [0, 0.1) is 0 Å². The number of phenolic OH excluding ortho intramolecular Hbond substituents is 1. The number of aldehydes is 1. The van der Waals surface area contributed by atoms with Crippen LogP contribution in [0.25, 0.3) is 0 Å². The van der Waals surface area contributed by atoms with E-state index in [0.717, 1.165) is 0 Å². The molecule has 0 unspecified atom stereocenters. The van der Waals surface area contributed by atoms with E-state index in [1.807, 2.05) is 13.8 Å². The van der Waals surface area contributed by atoms with Gasteiger partial charge in [0.2, 0.25) is 5.75 Å². The zero-order valence-electron chi connectivity index (χ0n) is 11.0. The van der Waals surface area contributed by atoms with Gasteiger partial charge in [0.05, 0.1) is 5.56 Å². The highest BCUT2D eigenvalue weighted by atomic mass is 16.7. The summed E-state index contributed by atoms with van der Waals surface area (Å²) in [5.41, 5.74) is 0.121. The van der Waals surface area contributed by atoms with Crippen molar-refractivity contribution in [3.63, 3.8) is 0 Å². The number of phenols is 1. The average Bonchev–Trinajstić information content (AvgIpc) is 2.42. The van der Waals surface area contributed by atoms with Crippen LogP contribution >= 0.6 is 0 Å². The van der Waals surface area contributed by atoms with E-state index < -0.39 is 0 Å². The third kappa shape index (κ3) is 4.42. The fourth-order valence-electron chi connectivity index (χ4n) is 1.29. The Bertz CT molecular complexity index is 404. The van der Waals surface area contributed by atoms with Gasteiger partial charge in [-0.2, -0.15) is 0 Å². The minimum absolute atomic E-state index is 0.0291. The minimum atomic E-state index is -0.274. The van der Waals surface area contributed by atoms with Crippen molar-refractivity contribution < 1.29 is 28.8 Å². The molecule has 1 aromatic rings. The predicted molar refractivity (Wildman–Crippen MR) is 67.7 cm³/mol. The highest BCUT2D eigenvalue weighted by Gasteiger charge is 2.15. The van der Waals surface area contributed by atoms with E-state index in [-0.39, 0.29) is 36.4 Å². The molecule has 19 heavy (non-hydrogen) atoms.